The second-order valence-corrected chi connectivity index (χ2v) is 6.01. The van der Waals surface area contributed by atoms with Gasteiger partial charge in [0.05, 0.1) is 5.56 Å². The van der Waals surface area contributed by atoms with Crippen LogP contribution in [0.15, 0.2) is 51.5 Å². The standard InChI is InChI=1S/C17H15BrN2O/c1-10-4-3-5-12(8-10)15-16(20-21-17(15)19)14-7-6-13(18)9-11(14)2/h3-9H,19H2,1-2H3. The summed E-state index contributed by atoms with van der Waals surface area (Å²) in [6, 6.07) is 14.2. The molecule has 1 aromatic heterocycles. The zero-order chi connectivity index (χ0) is 15.0. The molecule has 4 heteroatoms. The summed E-state index contributed by atoms with van der Waals surface area (Å²) in [7, 11) is 0. The Bertz CT molecular complexity index is 808. The molecule has 1 heterocycles. The zero-order valence-corrected chi connectivity index (χ0v) is 13.4. The molecule has 2 N–H and O–H groups in total. The first-order valence-electron chi connectivity index (χ1n) is 6.65. The molecule has 0 aliphatic carbocycles. The van der Waals surface area contributed by atoms with Crippen molar-refractivity contribution in [2.24, 2.45) is 0 Å². The predicted molar refractivity (Wildman–Crippen MR) is 89.0 cm³/mol. The molecule has 0 aliphatic heterocycles. The van der Waals surface area contributed by atoms with Gasteiger partial charge in [-0.3, -0.25) is 0 Å². The smallest absolute Gasteiger partial charge is 0.230 e. The number of nitrogens with two attached hydrogens (primary N) is 1. The SMILES string of the molecule is Cc1cccc(-c2c(-c3ccc(Br)cc3C)noc2N)c1. The van der Waals surface area contributed by atoms with Crippen molar-refractivity contribution in [2.45, 2.75) is 13.8 Å². The first kappa shape index (κ1) is 13.9. The van der Waals surface area contributed by atoms with E-state index < -0.39 is 0 Å². The van der Waals surface area contributed by atoms with Gasteiger partial charge in [-0.1, -0.05) is 57.0 Å². The first-order chi connectivity index (χ1) is 10.1. The molecule has 0 bridgehead atoms. The first-order valence-corrected chi connectivity index (χ1v) is 7.44. The number of hydrogen-bond acceptors (Lipinski definition) is 3. The largest absolute Gasteiger partial charge is 0.367 e. The molecule has 106 valence electrons. The van der Waals surface area contributed by atoms with Gasteiger partial charge in [-0.2, -0.15) is 0 Å². The summed E-state index contributed by atoms with van der Waals surface area (Å²) in [5, 5.41) is 4.17. The fourth-order valence-electron chi connectivity index (χ4n) is 2.46. The van der Waals surface area contributed by atoms with Crippen LogP contribution in [0.4, 0.5) is 5.88 Å². The van der Waals surface area contributed by atoms with Crippen LogP contribution in [-0.4, -0.2) is 5.16 Å². The summed E-state index contributed by atoms with van der Waals surface area (Å²) < 4.78 is 6.28. The fourth-order valence-corrected chi connectivity index (χ4v) is 2.93. The molecule has 2 aromatic carbocycles. The number of benzene rings is 2. The quantitative estimate of drug-likeness (QED) is 0.715. The van der Waals surface area contributed by atoms with Crippen molar-refractivity contribution >= 4 is 21.8 Å². The number of rotatable bonds is 2. The number of halogens is 1. The lowest BCUT2D eigenvalue weighted by Gasteiger charge is -2.07. The van der Waals surface area contributed by atoms with Gasteiger partial charge in [0.1, 0.15) is 5.69 Å². The van der Waals surface area contributed by atoms with Gasteiger partial charge < -0.3 is 10.3 Å². The summed E-state index contributed by atoms with van der Waals surface area (Å²) in [5.41, 5.74) is 12.0. The predicted octanol–water partition coefficient (Wildman–Crippen LogP) is 4.97. The third kappa shape index (κ3) is 2.59. The van der Waals surface area contributed by atoms with E-state index in [1.807, 2.05) is 31.2 Å². The molecule has 0 unspecified atom stereocenters. The highest BCUT2D eigenvalue weighted by Crippen LogP contribution is 2.38. The van der Waals surface area contributed by atoms with Crippen molar-refractivity contribution in [3.63, 3.8) is 0 Å². The molecule has 0 aliphatic rings. The minimum atomic E-state index is 0.345. The van der Waals surface area contributed by atoms with Gasteiger partial charge in [0, 0.05) is 10.0 Å². The maximum atomic E-state index is 6.00. The Morgan fingerprint density at radius 1 is 1.10 bits per heavy atom. The van der Waals surface area contributed by atoms with Crippen molar-refractivity contribution in [2.75, 3.05) is 5.73 Å². The molecule has 0 saturated heterocycles. The average Bonchev–Trinajstić information content (AvgIpc) is 2.80. The monoisotopic (exact) mass is 342 g/mol. The number of hydrogen-bond donors (Lipinski definition) is 1. The van der Waals surface area contributed by atoms with Crippen molar-refractivity contribution in [3.05, 3.63) is 58.1 Å². The molecule has 0 atom stereocenters. The van der Waals surface area contributed by atoms with Crippen LogP contribution < -0.4 is 5.73 Å². The second-order valence-electron chi connectivity index (χ2n) is 5.10. The maximum Gasteiger partial charge on any atom is 0.230 e. The Morgan fingerprint density at radius 2 is 1.90 bits per heavy atom. The van der Waals surface area contributed by atoms with Gasteiger partial charge in [-0.05, 0) is 37.1 Å². The highest BCUT2D eigenvalue weighted by atomic mass is 79.9. The van der Waals surface area contributed by atoms with E-state index in [4.69, 9.17) is 10.3 Å². The average molecular weight is 343 g/mol. The molecule has 0 spiro atoms. The minimum Gasteiger partial charge on any atom is -0.367 e. The lowest BCUT2D eigenvalue weighted by Crippen LogP contribution is -1.90. The number of nitrogen functional groups attached to an aromatic ring is 1. The normalized spacial score (nSPS) is 10.8. The van der Waals surface area contributed by atoms with Crippen molar-refractivity contribution in [1.82, 2.24) is 5.16 Å². The Kier molecular flexibility index (Phi) is 3.55. The molecular formula is C17H15BrN2O. The molecule has 0 radical (unpaired) electrons. The van der Waals surface area contributed by atoms with Crippen LogP contribution in [0.1, 0.15) is 11.1 Å². The van der Waals surface area contributed by atoms with Gasteiger partial charge in [0.15, 0.2) is 0 Å². The molecule has 0 fully saturated rings. The summed E-state index contributed by atoms with van der Waals surface area (Å²) in [6.07, 6.45) is 0. The third-order valence-corrected chi connectivity index (χ3v) is 3.96. The maximum absolute atomic E-state index is 6.00. The molecule has 0 amide bonds. The van der Waals surface area contributed by atoms with Gasteiger partial charge in [-0.15, -0.1) is 0 Å². The van der Waals surface area contributed by atoms with E-state index in [1.165, 1.54) is 5.56 Å². The Morgan fingerprint density at radius 3 is 2.62 bits per heavy atom. The molecule has 3 aromatic rings. The number of nitrogens with zero attached hydrogens (tertiary/aromatic N) is 1. The van der Waals surface area contributed by atoms with E-state index >= 15 is 0 Å². The van der Waals surface area contributed by atoms with Crippen LogP contribution in [-0.2, 0) is 0 Å². The summed E-state index contributed by atoms with van der Waals surface area (Å²) in [5.74, 6) is 0.345. The molecule has 0 saturated carbocycles. The van der Waals surface area contributed by atoms with E-state index in [0.29, 0.717) is 5.88 Å². The number of anilines is 1. The van der Waals surface area contributed by atoms with Gasteiger partial charge >= 0.3 is 0 Å². The third-order valence-electron chi connectivity index (χ3n) is 3.47. The lowest BCUT2D eigenvalue weighted by molar-refractivity contribution is 0.439. The zero-order valence-electron chi connectivity index (χ0n) is 11.9. The van der Waals surface area contributed by atoms with Gasteiger partial charge in [0.25, 0.3) is 0 Å². The van der Waals surface area contributed by atoms with E-state index in [1.54, 1.807) is 0 Å². The van der Waals surface area contributed by atoms with Crippen LogP contribution in [0, 0.1) is 13.8 Å². The summed E-state index contributed by atoms with van der Waals surface area (Å²) >= 11 is 3.48. The highest BCUT2D eigenvalue weighted by molar-refractivity contribution is 9.10. The van der Waals surface area contributed by atoms with Gasteiger partial charge in [-0.25, -0.2) is 0 Å². The van der Waals surface area contributed by atoms with Crippen molar-refractivity contribution in [1.29, 1.82) is 0 Å². The summed E-state index contributed by atoms with van der Waals surface area (Å²) in [6.45, 7) is 4.10. The molecular weight excluding hydrogens is 328 g/mol. The van der Waals surface area contributed by atoms with Gasteiger partial charge in [0.2, 0.25) is 5.88 Å². The Balaban J connectivity index is 2.22. The molecule has 3 nitrogen and oxygen atoms in total. The van der Waals surface area contributed by atoms with Crippen LogP contribution in [0.2, 0.25) is 0 Å². The van der Waals surface area contributed by atoms with E-state index in [-0.39, 0.29) is 0 Å². The van der Waals surface area contributed by atoms with Crippen LogP contribution in [0.25, 0.3) is 22.4 Å². The van der Waals surface area contributed by atoms with Crippen molar-refractivity contribution in [3.8, 4) is 22.4 Å². The number of aromatic nitrogens is 1. The van der Waals surface area contributed by atoms with E-state index in [9.17, 15) is 0 Å². The van der Waals surface area contributed by atoms with Crippen molar-refractivity contribution < 1.29 is 4.52 Å². The Hall–Kier alpha value is -2.07. The minimum absolute atomic E-state index is 0.345. The highest BCUT2D eigenvalue weighted by Gasteiger charge is 2.18. The molecule has 3 rings (SSSR count). The molecule has 21 heavy (non-hydrogen) atoms. The van der Waals surface area contributed by atoms with E-state index in [0.717, 1.165) is 32.4 Å². The Labute approximate surface area is 131 Å². The fraction of sp³-hybridized carbons (Fsp3) is 0.118. The van der Waals surface area contributed by atoms with Crippen LogP contribution in [0.3, 0.4) is 0 Å². The summed E-state index contributed by atoms with van der Waals surface area (Å²) in [4.78, 5) is 0. The lowest BCUT2D eigenvalue weighted by atomic mass is 9.97. The van der Waals surface area contributed by atoms with Crippen LogP contribution >= 0.6 is 15.9 Å². The van der Waals surface area contributed by atoms with E-state index in [2.05, 4.69) is 46.2 Å². The van der Waals surface area contributed by atoms with Crippen LogP contribution in [0.5, 0.6) is 0 Å². The topological polar surface area (TPSA) is 52.0 Å². The second kappa shape index (κ2) is 5.37. The number of aryl methyl sites for hydroxylation is 2.